The summed E-state index contributed by atoms with van der Waals surface area (Å²) in [6.45, 7) is 3.80. The lowest BCUT2D eigenvalue weighted by molar-refractivity contribution is -0.129. The minimum Gasteiger partial charge on any atom is -0.396 e. The SMILES string of the molecule is Cc1cccnc1NC(=O)c1ccc(CN2CCNC(=O)[C@@H]2CCO)cc1. The summed E-state index contributed by atoms with van der Waals surface area (Å²) in [5.74, 6) is 0.300. The van der Waals surface area contributed by atoms with Crippen LogP contribution in [0.1, 0.15) is 27.9 Å². The third-order valence-electron chi connectivity index (χ3n) is 4.69. The molecule has 0 unspecified atom stereocenters. The molecule has 1 fully saturated rings. The Morgan fingerprint density at radius 3 is 2.81 bits per heavy atom. The molecule has 3 rings (SSSR count). The van der Waals surface area contributed by atoms with Crippen molar-refractivity contribution in [1.29, 1.82) is 0 Å². The zero-order valence-corrected chi connectivity index (χ0v) is 15.3. The molecule has 2 aromatic rings. The number of carbonyl (C=O) groups is 2. The Balaban J connectivity index is 1.65. The molecule has 1 saturated heterocycles. The number of aromatic nitrogens is 1. The van der Waals surface area contributed by atoms with Gasteiger partial charge >= 0.3 is 0 Å². The monoisotopic (exact) mass is 368 g/mol. The van der Waals surface area contributed by atoms with Crippen LogP contribution in [0, 0.1) is 6.92 Å². The van der Waals surface area contributed by atoms with Crippen LogP contribution in [0.15, 0.2) is 42.6 Å². The summed E-state index contributed by atoms with van der Waals surface area (Å²) >= 11 is 0. The molecule has 1 atom stereocenters. The van der Waals surface area contributed by atoms with Crippen molar-refractivity contribution in [3.05, 3.63) is 59.3 Å². The Bertz CT molecular complexity index is 807. The van der Waals surface area contributed by atoms with Crippen molar-refractivity contribution in [3.63, 3.8) is 0 Å². The molecule has 3 N–H and O–H groups in total. The first kappa shape index (κ1) is 19.0. The third-order valence-corrected chi connectivity index (χ3v) is 4.69. The lowest BCUT2D eigenvalue weighted by atomic mass is 10.1. The van der Waals surface area contributed by atoms with Gasteiger partial charge in [0.15, 0.2) is 0 Å². The van der Waals surface area contributed by atoms with Gasteiger partial charge in [0.2, 0.25) is 5.91 Å². The highest BCUT2D eigenvalue weighted by Gasteiger charge is 2.28. The van der Waals surface area contributed by atoms with E-state index < -0.39 is 0 Å². The van der Waals surface area contributed by atoms with Gasteiger partial charge in [0.05, 0.1) is 6.04 Å². The zero-order chi connectivity index (χ0) is 19.2. The van der Waals surface area contributed by atoms with Crippen LogP contribution >= 0.6 is 0 Å². The van der Waals surface area contributed by atoms with Gasteiger partial charge in [0, 0.05) is 38.0 Å². The maximum atomic E-state index is 12.4. The molecule has 0 aliphatic carbocycles. The first-order valence-electron chi connectivity index (χ1n) is 9.03. The van der Waals surface area contributed by atoms with E-state index in [-0.39, 0.29) is 24.5 Å². The van der Waals surface area contributed by atoms with Gasteiger partial charge in [0.25, 0.3) is 5.91 Å². The quantitative estimate of drug-likeness (QED) is 0.715. The summed E-state index contributed by atoms with van der Waals surface area (Å²) in [7, 11) is 0. The van der Waals surface area contributed by atoms with Gasteiger partial charge in [-0.3, -0.25) is 14.5 Å². The second-order valence-electron chi connectivity index (χ2n) is 6.61. The van der Waals surface area contributed by atoms with Gasteiger partial charge in [-0.25, -0.2) is 4.98 Å². The maximum absolute atomic E-state index is 12.4. The molecule has 1 aliphatic heterocycles. The largest absolute Gasteiger partial charge is 0.396 e. The van der Waals surface area contributed by atoms with Gasteiger partial charge in [-0.05, 0) is 42.7 Å². The van der Waals surface area contributed by atoms with E-state index in [0.29, 0.717) is 30.9 Å². The number of aryl methyl sites for hydroxylation is 1. The van der Waals surface area contributed by atoms with E-state index in [4.69, 9.17) is 0 Å². The number of benzene rings is 1. The fourth-order valence-corrected chi connectivity index (χ4v) is 3.18. The second kappa shape index (κ2) is 8.75. The van der Waals surface area contributed by atoms with Crippen LogP contribution in [0.5, 0.6) is 0 Å². The second-order valence-corrected chi connectivity index (χ2v) is 6.61. The maximum Gasteiger partial charge on any atom is 0.256 e. The number of aliphatic hydroxyl groups is 1. The molecular formula is C20H24N4O3. The standard InChI is InChI=1S/C20H24N4O3/c1-14-3-2-9-21-18(14)23-19(26)16-6-4-15(5-7-16)13-24-11-10-22-20(27)17(24)8-12-25/h2-7,9,17,25H,8,10-13H2,1H3,(H,22,27)(H,21,23,26)/t17-/m0/s1. The lowest BCUT2D eigenvalue weighted by Gasteiger charge is -2.34. The number of pyridine rings is 1. The number of nitrogens with one attached hydrogen (secondary N) is 2. The minimum absolute atomic E-state index is 0.0271. The van der Waals surface area contributed by atoms with Crippen LogP contribution in [0.25, 0.3) is 0 Å². The number of anilines is 1. The molecule has 2 heterocycles. The van der Waals surface area contributed by atoms with Gasteiger partial charge in [-0.1, -0.05) is 18.2 Å². The Kier molecular flexibility index (Phi) is 6.16. The van der Waals surface area contributed by atoms with Crippen LogP contribution in [-0.2, 0) is 11.3 Å². The molecule has 7 nitrogen and oxygen atoms in total. The highest BCUT2D eigenvalue weighted by Crippen LogP contribution is 2.16. The van der Waals surface area contributed by atoms with Crippen LogP contribution in [0.3, 0.4) is 0 Å². The molecule has 7 heteroatoms. The molecule has 27 heavy (non-hydrogen) atoms. The van der Waals surface area contributed by atoms with E-state index in [0.717, 1.165) is 17.7 Å². The summed E-state index contributed by atoms with van der Waals surface area (Å²) in [4.78, 5) is 30.6. The van der Waals surface area contributed by atoms with E-state index in [2.05, 4.69) is 20.5 Å². The number of hydrogen-bond donors (Lipinski definition) is 3. The number of nitrogens with zero attached hydrogens (tertiary/aromatic N) is 2. The van der Waals surface area contributed by atoms with Crippen molar-refractivity contribution in [1.82, 2.24) is 15.2 Å². The van der Waals surface area contributed by atoms with Crippen LogP contribution < -0.4 is 10.6 Å². The fraction of sp³-hybridized carbons (Fsp3) is 0.350. The topological polar surface area (TPSA) is 94.6 Å². The number of amides is 2. The van der Waals surface area contributed by atoms with Crippen molar-refractivity contribution < 1.29 is 14.7 Å². The molecular weight excluding hydrogens is 344 g/mol. The highest BCUT2D eigenvalue weighted by atomic mass is 16.3. The number of piperazine rings is 1. The predicted molar refractivity (Wildman–Crippen MR) is 102 cm³/mol. The lowest BCUT2D eigenvalue weighted by Crippen LogP contribution is -2.55. The van der Waals surface area contributed by atoms with Crippen molar-refractivity contribution >= 4 is 17.6 Å². The van der Waals surface area contributed by atoms with Gasteiger partial charge in [-0.15, -0.1) is 0 Å². The molecule has 0 bridgehead atoms. The average molecular weight is 368 g/mol. The summed E-state index contributed by atoms with van der Waals surface area (Å²) in [5, 5.41) is 14.9. The Labute approximate surface area is 158 Å². The molecule has 1 aromatic heterocycles. The third kappa shape index (κ3) is 4.69. The summed E-state index contributed by atoms with van der Waals surface area (Å²) in [5.41, 5.74) is 2.46. The van der Waals surface area contributed by atoms with Gasteiger partial charge < -0.3 is 15.7 Å². The van der Waals surface area contributed by atoms with Crippen molar-refractivity contribution in [2.24, 2.45) is 0 Å². The van der Waals surface area contributed by atoms with Crippen LogP contribution in [0.2, 0.25) is 0 Å². The first-order chi connectivity index (χ1) is 13.1. The number of hydrogen-bond acceptors (Lipinski definition) is 5. The van der Waals surface area contributed by atoms with E-state index in [1.807, 2.05) is 31.2 Å². The average Bonchev–Trinajstić information content (AvgIpc) is 2.67. The van der Waals surface area contributed by atoms with E-state index >= 15 is 0 Å². The van der Waals surface area contributed by atoms with Crippen molar-refractivity contribution in [3.8, 4) is 0 Å². The normalized spacial score (nSPS) is 17.4. The molecule has 0 radical (unpaired) electrons. The molecule has 0 saturated carbocycles. The number of carbonyl (C=O) groups excluding carboxylic acids is 2. The summed E-state index contributed by atoms with van der Waals surface area (Å²) in [6, 6.07) is 10.7. The van der Waals surface area contributed by atoms with Crippen LogP contribution in [-0.4, -0.2) is 52.5 Å². The van der Waals surface area contributed by atoms with Gasteiger partial charge in [0.1, 0.15) is 5.82 Å². The predicted octanol–water partition coefficient (Wildman–Crippen LogP) is 1.33. The smallest absolute Gasteiger partial charge is 0.256 e. The highest BCUT2D eigenvalue weighted by molar-refractivity contribution is 6.04. The Morgan fingerprint density at radius 2 is 2.11 bits per heavy atom. The van der Waals surface area contributed by atoms with Crippen molar-refractivity contribution in [2.75, 3.05) is 25.0 Å². The zero-order valence-electron chi connectivity index (χ0n) is 15.3. The van der Waals surface area contributed by atoms with E-state index in [1.165, 1.54) is 0 Å². The Hall–Kier alpha value is -2.77. The van der Waals surface area contributed by atoms with Crippen LogP contribution in [0.4, 0.5) is 5.82 Å². The molecule has 0 spiro atoms. The molecule has 142 valence electrons. The summed E-state index contributed by atoms with van der Waals surface area (Å²) in [6.07, 6.45) is 2.05. The molecule has 1 aromatic carbocycles. The van der Waals surface area contributed by atoms with E-state index in [1.54, 1.807) is 18.3 Å². The first-order valence-corrected chi connectivity index (χ1v) is 9.03. The molecule has 2 amide bonds. The number of rotatable bonds is 6. The number of aliphatic hydroxyl groups excluding tert-OH is 1. The Morgan fingerprint density at radius 1 is 1.33 bits per heavy atom. The minimum atomic E-state index is -0.321. The summed E-state index contributed by atoms with van der Waals surface area (Å²) < 4.78 is 0. The molecule has 1 aliphatic rings. The van der Waals surface area contributed by atoms with Gasteiger partial charge in [-0.2, -0.15) is 0 Å². The fourth-order valence-electron chi connectivity index (χ4n) is 3.18. The van der Waals surface area contributed by atoms with E-state index in [9.17, 15) is 14.7 Å². The van der Waals surface area contributed by atoms with Crippen molar-refractivity contribution in [2.45, 2.75) is 25.9 Å².